The number of Topliss-reactive ketones (excluding diaryl/α,β-unsaturated/α-hetero) is 1. The molecule has 0 atom stereocenters. The van der Waals surface area contributed by atoms with Gasteiger partial charge in [-0.25, -0.2) is 9.97 Å². The quantitative estimate of drug-likeness (QED) is 0.320. The van der Waals surface area contributed by atoms with E-state index in [9.17, 15) is 4.79 Å². The minimum Gasteiger partial charge on any atom is -0.476 e. The molecule has 1 aromatic heterocycles. The summed E-state index contributed by atoms with van der Waals surface area (Å²) in [5.41, 5.74) is 0.736. The SMILES string of the molecule is COCc1cncnc1C(=O)C(=NOC)OC. The molecule has 0 radical (unpaired) electrons. The van der Waals surface area contributed by atoms with Crippen molar-refractivity contribution in [1.29, 1.82) is 0 Å². The Morgan fingerprint density at radius 3 is 2.76 bits per heavy atom. The third-order valence-corrected chi connectivity index (χ3v) is 1.86. The molecule has 92 valence electrons. The summed E-state index contributed by atoms with van der Waals surface area (Å²) >= 11 is 0. The summed E-state index contributed by atoms with van der Waals surface area (Å²) in [5.74, 6) is -0.660. The van der Waals surface area contributed by atoms with E-state index in [0.29, 0.717) is 5.56 Å². The smallest absolute Gasteiger partial charge is 0.300 e. The van der Waals surface area contributed by atoms with Gasteiger partial charge in [0.05, 0.1) is 13.7 Å². The first kappa shape index (κ1) is 13.0. The van der Waals surface area contributed by atoms with Crippen LogP contribution in [0.4, 0.5) is 0 Å². The standard InChI is InChI=1S/C10H13N3O4/c1-15-5-7-4-11-6-12-8(7)9(14)10(16-2)13-17-3/h4,6H,5H2,1-3H3. The van der Waals surface area contributed by atoms with Crippen molar-refractivity contribution in [1.82, 2.24) is 9.97 Å². The molecule has 7 nitrogen and oxygen atoms in total. The largest absolute Gasteiger partial charge is 0.476 e. The van der Waals surface area contributed by atoms with E-state index in [1.807, 2.05) is 0 Å². The predicted molar refractivity (Wildman–Crippen MR) is 58.5 cm³/mol. The Kier molecular flexibility index (Phi) is 5.02. The summed E-state index contributed by atoms with van der Waals surface area (Å²) in [7, 11) is 4.16. The Morgan fingerprint density at radius 1 is 1.41 bits per heavy atom. The van der Waals surface area contributed by atoms with E-state index in [1.165, 1.54) is 33.9 Å². The first-order valence-electron chi connectivity index (χ1n) is 4.72. The van der Waals surface area contributed by atoms with Crippen LogP contribution in [0.15, 0.2) is 17.7 Å². The molecule has 0 spiro atoms. The van der Waals surface area contributed by atoms with Crippen molar-refractivity contribution in [3.63, 3.8) is 0 Å². The van der Waals surface area contributed by atoms with Crippen LogP contribution in [0.1, 0.15) is 16.1 Å². The van der Waals surface area contributed by atoms with Crippen LogP contribution in [-0.4, -0.2) is 43.0 Å². The normalized spacial score (nSPS) is 11.1. The second-order valence-electron chi connectivity index (χ2n) is 2.94. The van der Waals surface area contributed by atoms with Gasteiger partial charge in [0.2, 0.25) is 0 Å². The molecule has 0 aliphatic heterocycles. The van der Waals surface area contributed by atoms with Gasteiger partial charge in [-0.05, 0) is 5.16 Å². The molecule has 0 aromatic carbocycles. The molecule has 0 saturated carbocycles. The third-order valence-electron chi connectivity index (χ3n) is 1.86. The molecule has 0 aliphatic rings. The number of rotatable bonds is 5. The van der Waals surface area contributed by atoms with Crippen molar-refractivity contribution < 1.29 is 19.1 Å². The fourth-order valence-electron chi connectivity index (χ4n) is 1.18. The number of aromatic nitrogens is 2. The van der Waals surface area contributed by atoms with Gasteiger partial charge < -0.3 is 14.3 Å². The topological polar surface area (TPSA) is 82.9 Å². The Bertz CT molecular complexity index is 420. The lowest BCUT2D eigenvalue weighted by Gasteiger charge is -2.06. The summed E-state index contributed by atoms with van der Waals surface area (Å²) in [6.07, 6.45) is 2.77. The molecule has 0 N–H and O–H groups in total. The van der Waals surface area contributed by atoms with E-state index in [0.717, 1.165) is 0 Å². The number of oxime groups is 1. The highest BCUT2D eigenvalue weighted by Crippen LogP contribution is 2.07. The highest BCUT2D eigenvalue weighted by atomic mass is 16.6. The maximum atomic E-state index is 12.0. The molecule has 0 fully saturated rings. The first-order valence-corrected chi connectivity index (χ1v) is 4.72. The monoisotopic (exact) mass is 239 g/mol. The minimum absolute atomic E-state index is 0.177. The number of hydrogen-bond acceptors (Lipinski definition) is 7. The fourth-order valence-corrected chi connectivity index (χ4v) is 1.18. The Balaban J connectivity index is 3.06. The van der Waals surface area contributed by atoms with Gasteiger partial charge in [-0.2, -0.15) is 0 Å². The second kappa shape index (κ2) is 6.54. The molecule has 7 heteroatoms. The van der Waals surface area contributed by atoms with Gasteiger partial charge in [0, 0.05) is 18.9 Å². The van der Waals surface area contributed by atoms with Crippen molar-refractivity contribution in [2.45, 2.75) is 6.61 Å². The van der Waals surface area contributed by atoms with Crippen LogP contribution in [0.2, 0.25) is 0 Å². The van der Waals surface area contributed by atoms with Crippen molar-refractivity contribution in [2.75, 3.05) is 21.3 Å². The number of ether oxygens (including phenoxy) is 2. The molecule has 17 heavy (non-hydrogen) atoms. The molecule has 1 heterocycles. The van der Waals surface area contributed by atoms with E-state index >= 15 is 0 Å². The van der Waals surface area contributed by atoms with E-state index in [4.69, 9.17) is 9.47 Å². The highest BCUT2D eigenvalue weighted by Gasteiger charge is 2.20. The van der Waals surface area contributed by atoms with Crippen LogP contribution in [0, 0.1) is 0 Å². The van der Waals surface area contributed by atoms with Gasteiger partial charge in [0.15, 0.2) is 0 Å². The molecule has 1 rings (SSSR count). The van der Waals surface area contributed by atoms with Crippen LogP contribution in [0.25, 0.3) is 0 Å². The molecule has 0 bridgehead atoms. The van der Waals surface area contributed by atoms with Gasteiger partial charge >= 0.3 is 5.90 Å². The molecule has 0 saturated heterocycles. The van der Waals surface area contributed by atoms with Crippen LogP contribution in [-0.2, 0) is 20.9 Å². The zero-order chi connectivity index (χ0) is 12.7. The Hall–Kier alpha value is -2.02. The average molecular weight is 239 g/mol. The van der Waals surface area contributed by atoms with Crippen LogP contribution < -0.4 is 0 Å². The summed E-state index contributed by atoms with van der Waals surface area (Å²) in [5, 5.41) is 3.46. The lowest BCUT2D eigenvalue weighted by atomic mass is 10.1. The van der Waals surface area contributed by atoms with Gasteiger partial charge in [-0.3, -0.25) is 4.79 Å². The molecule has 0 aliphatic carbocycles. The van der Waals surface area contributed by atoms with Crippen molar-refractivity contribution in [3.05, 3.63) is 23.8 Å². The maximum absolute atomic E-state index is 12.0. The van der Waals surface area contributed by atoms with Crippen molar-refractivity contribution >= 4 is 11.7 Å². The van der Waals surface area contributed by atoms with Gasteiger partial charge in [-0.15, -0.1) is 0 Å². The number of nitrogens with zero attached hydrogens (tertiary/aromatic N) is 3. The Labute approximate surface area is 98.4 Å². The number of methoxy groups -OCH3 is 2. The average Bonchev–Trinajstić information content (AvgIpc) is 2.36. The molecule has 1 aromatic rings. The van der Waals surface area contributed by atoms with E-state index in [-0.39, 0.29) is 18.2 Å². The zero-order valence-electron chi connectivity index (χ0n) is 9.84. The van der Waals surface area contributed by atoms with Crippen LogP contribution in [0.5, 0.6) is 0 Å². The molecular weight excluding hydrogens is 226 g/mol. The lowest BCUT2D eigenvalue weighted by molar-refractivity contribution is 0.101. The van der Waals surface area contributed by atoms with Gasteiger partial charge in [0.25, 0.3) is 5.78 Å². The van der Waals surface area contributed by atoms with Crippen molar-refractivity contribution in [3.8, 4) is 0 Å². The first-order chi connectivity index (χ1) is 8.24. The number of carbonyl (C=O) groups excluding carboxylic acids is 1. The molecular formula is C10H13N3O4. The maximum Gasteiger partial charge on any atom is 0.300 e. The van der Waals surface area contributed by atoms with E-state index in [1.54, 1.807) is 0 Å². The third kappa shape index (κ3) is 3.22. The summed E-state index contributed by atoms with van der Waals surface area (Å²) < 4.78 is 9.76. The number of carbonyl (C=O) groups is 1. The van der Waals surface area contributed by atoms with Gasteiger partial charge in [0.1, 0.15) is 19.1 Å². The molecule has 0 unspecified atom stereocenters. The highest BCUT2D eigenvalue weighted by molar-refractivity contribution is 6.42. The predicted octanol–water partition coefficient (Wildman–Crippen LogP) is 0.412. The van der Waals surface area contributed by atoms with Crippen LogP contribution >= 0.6 is 0 Å². The Morgan fingerprint density at radius 2 is 2.18 bits per heavy atom. The number of hydrogen-bond donors (Lipinski definition) is 0. The minimum atomic E-state index is -0.483. The number of ketones is 1. The van der Waals surface area contributed by atoms with Crippen LogP contribution in [0.3, 0.4) is 0 Å². The summed E-state index contributed by atoms with van der Waals surface area (Å²) in [4.78, 5) is 24.2. The summed E-state index contributed by atoms with van der Waals surface area (Å²) in [6.45, 7) is 0.228. The summed E-state index contributed by atoms with van der Waals surface area (Å²) in [6, 6.07) is 0. The van der Waals surface area contributed by atoms with E-state index in [2.05, 4.69) is 20.0 Å². The van der Waals surface area contributed by atoms with Crippen molar-refractivity contribution in [2.24, 2.45) is 5.16 Å². The fraction of sp³-hybridized carbons (Fsp3) is 0.400. The van der Waals surface area contributed by atoms with E-state index < -0.39 is 5.78 Å². The zero-order valence-corrected chi connectivity index (χ0v) is 9.84. The van der Waals surface area contributed by atoms with Gasteiger partial charge in [-0.1, -0.05) is 0 Å². The second-order valence-corrected chi connectivity index (χ2v) is 2.94. The molecule has 0 amide bonds. The lowest BCUT2D eigenvalue weighted by Crippen LogP contribution is -2.20.